The lowest BCUT2D eigenvalue weighted by molar-refractivity contribution is 0.187. The van der Waals surface area contributed by atoms with Crippen LogP contribution < -0.4 is 10.1 Å². The summed E-state index contributed by atoms with van der Waals surface area (Å²) in [6.07, 6.45) is 1.13. The summed E-state index contributed by atoms with van der Waals surface area (Å²) in [5.41, 5.74) is 1.06. The van der Waals surface area contributed by atoms with Gasteiger partial charge in [0.05, 0.1) is 6.61 Å². The van der Waals surface area contributed by atoms with Crippen molar-refractivity contribution in [3.8, 4) is 11.8 Å². The first kappa shape index (κ1) is 11.9. The monoisotopic (exact) mass is 261 g/mol. The molecule has 0 bridgehead atoms. The first-order chi connectivity index (χ1) is 9.40. The fourth-order valence-corrected chi connectivity index (χ4v) is 1.95. The van der Waals surface area contributed by atoms with E-state index in [0.29, 0.717) is 11.7 Å². The highest BCUT2D eigenvalue weighted by Crippen LogP contribution is 2.20. The minimum atomic E-state index is 0.212. The van der Waals surface area contributed by atoms with Crippen molar-refractivity contribution in [2.24, 2.45) is 5.92 Å². The Bertz CT molecular complexity index is 493. The Morgan fingerprint density at radius 3 is 2.95 bits per heavy atom. The molecule has 1 aromatic carbocycles. The third-order valence-corrected chi connectivity index (χ3v) is 3.01. The summed E-state index contributed by atoms with van der Waals surface area (Å²) in [7, 11) is 0. The molecule has 1 saturated heterocycles. The second kappa shape index (κ2) is 5.66. The molecule has 0 unspecified atom stereocenters. The molecule has 1 aliphatic rings. The number of tetrazole rings is 1. The third-order valence-electron chi connectivity index (χ3n) is 3.01. The van der Waals surface area contributed by atoms with Gasteiger partial charge >= 0.3 is 6.01 Å². The van der Waals surface area contributed by atoms with Crippen LogP contribution in [-0.4, -0.2) is 40.4 Å². The van der Waals surface area contributed by atoms with Gasteiger partial charge < -0.3 is 14.8 Å². The van der Waals surface area contributed by atoms with Gasteiger partial charge in [-0.15, -0.1) is 0 Å². The quantitative estimate of drug-likeness (QED) is 0.847. The second-order valence-electron chi connectivity index (χ2n) is 4.43. The highest BCUT2D eigenvalue weighted by molar-refractivity contribution is 5.46. The number of benzene rings is 1. The average molecular weight is 261 g/mol. The zero-order valence-corrected chi connectivity index (χ0v) is 10.4. The molecule has 1 aliphatic heterocycles. The van der Waals surface area contributed by atoms with Crippen molar-refractivity contribution in [3.05, 3.63) is 24.3 Å². The van der Waals surface area contributed by atoms with Gasteiger partial charge in [-0.3, -0.25) is 0 Å². The van der Waals surface area contributed by atoms with Crippen LogP contribution in [-0.2, 0) is 4.74 Å². The molecule has 1 atom stereocenters. The maximum Gasteiger partial charge on any atom is 0.361 e. The van der Waals surface area contributed by atoms with Crippen LogP contribution in [0.4, 0.5) is 5.69 Å². The summed E-state index contributed by atoms with van der Waals surface area (Å²) in [6.45, 7) is 2.67. The minimum absolute atomic E-state index is 0.212. The van der Waals surface area contributed by atoms with Gasteiger partial charge in [-0.1, -0.05) is 10.2 Å². The van der Waals surface area contributed by atoms with E-state index >= 15 is 0 Å². The molecule has 0 spiro atoms. The highest BCUT2D eigenvalue weighted by Gasteiger charge is 2.14. The van der Waals surface area contributed by atoms with Crippen LogP contribution in [0.5, 0.6) is 11.8 Å². The number of ether oxygens (including phenoxy) is 2. The Hall–Kier alpha value is -2.15. The van der Waals surface area contributed by atoms with E-state index in [0.717, 1.165) is 31.9 Å². The first-order valence-corrected chi connectivity index (χ1v) is 6.23. The fourth-order valence-electron chi connectivity index (χ4n) is 1.95. The molecule has 2 N–H and O–H groups in total. The van der Waals surface area contributed by atoms with E-state index in [1.807, 2.05) is 24.3 Å². The van der Waals surface area contributed by atoms with E-state index in [1.165, 1.54) is 0 Å². The van der Waals surface area contributed by atoms with Crippen molar-refractivity contribution < 1.29 is 9.47 Å². The number of aromatic nitrogens is 4. The zero-order valence-electron chi connectivity index (χ0n) is 10.4. The number of rotatable bonds is 5. The number of nitrogens with zero attached hydrogens (tertiary/aromatic N) is 3. The standard InChI is InChI=1S/C12H15N5O2/c1-3-11(19-12-14-16-17-15-12)4-2-10(1)13-7-9-5-6-18-8-9/h1-4,9,13H,5-8H2,(H,14,15,16,17)/t9-/m0/s1. The topological polar surface area (TPSA) is 85.0 Å². The number of hydrogen-bond donors (Lipinski definition) is 2. The molecule has 100 valence electrons. The van der Waals surface area contributed by atoms with Gasteiger partial charge in [0.25, 0.3) is 0 Å². The average Bonchev–Trinajstić information content (AvgIpc) is 3.11. The van der Waals surface area contributed by atoms with Crippen LogP contribution in [0, 0.1) is 5.92 Å². The summed E-state index contributed by atoms with van der Waals surface area (Å²) in [5, 5.41) is 16.6. The molecule has 3 rings (SSSR count). The van der Waals surface area contributed by atoms with E-state index in [2.05, 4.69) is 25.9 Å². The molecule has 2 aromatic rings. The van der Waals surface area contributed by atoms with Gasteiger partial charge in [0.2, 0.25) is 0 Å². The maximum absolute atomic E-state index is 5.39. The summed E-state index contributed by atoms with van der Waals surface area (Å²) < 4.78 is 10.7. The predicted molar refractivity (Wildman–Crippen MR) is 68.1 cm³/mol. The Labute approximate surface area is 110 Å². The molecule has 19 heavy (non-hydrogen) atoms. The van der Waals surface area contributed by atoms with Crippen molar-refractivity contribution in [2.45, 2.75) is 6.42 Å². The molecule has 7 heteroatoms. The molecule has 0 radical (unpaired) electrons. The molecule has 0 aliphatic carbocycles. The summed E-state index contributed by atoms with van der Waals surface area (Å²) >= 11 is 0. The summed E-state index contributed by atoms with van der Waals surface area (Å²) in [4.78, 5) is 0. The maximum atomic E-state index is 5.39. The number of aromatic amines is 1. The minimum Gasteiger partial charge on any atom is -0.422 e. The first-order valence-electron chi connectivity index (χ1n) is 6.23. The second-order valence-corrected chi connectivity index (χ2v) is 4.43. The van der Waals surface area contributed by atoms with Crippen molar-refractivity contribution >= 4 is 5.69 Å². The van der Waals surface area contributed by atoms with Gasteiger partial charge in [0.1, 0.15) is 5.75 Å². The smallest absolute Gasteiger partial charge is 0.361 e. The summed E-state index contributed by atoms with van der Waals surface area (Å²) in [6, 6.07) is 7.87. The van der Waals surface area contributed by atoms with E-state index in [-0.39, 0.29) is 6.01 Å². The lowest BCUT2D eigenvalue weighted by Crippen LogP contribution is -2.13. The van der Waals surface area contributed by atoms with Gasteiger partial charge in [-0.05, 0) is 35.9 Å². The predicted octanol–water partition coefficient (Wildman–Crippen LogP) is 1.44. The van der Waals surface area contributed by atoms with Crippen molar-refractivity contribution in [1.82, 2.24) is 20.6 Å². The van der Waals surface area contributed by atoms with Gasteiger partial charge in [-0.25, -0.2) is 0 Å². The van der Waals surface area contributed by atoms with Crippen LogP contribution in [0.1, 0.15) is 6.42 Å². The largest absolute Gasteiger partial charge is 0.422 e. The molecule has 0 saturated carbocycles. The number of hydrogen-bond acceptors (Lipinski definition) is 6. The van der Waals surface area contributed by atoms with E-state index in [9.17, 15) is 0 Å². The number of nitrogens with one attached hydrogen (secondary N) is 2. The van der Waals surface area contributed by atoms with Crippen LogP contribution in [0.2, 0.25) is 0 Å². The molecular weight excluding hydrogens is 246 g/mol. The van der Waals surface area contributed by atoms with Gasteiger partial charge in [0.15, 0.2) is 0 Å². The Balaban J connectivity index is 1.53. The SMILES string of the molecule is c1cc(Oc2nn[nH]n2)ccc1NC[C@@H]1CCOC1. The summed E-state index contributed by atoms with van der Waals surface area (Å²) in [5.74, 6) is 1.28. The number of H-pyrrole nitrogens is 1. The van der Waals surface area contributed by atoms with Crippen LogP contribution in [0.3, 0.4) is 0 Å². The lowest BCUT2D eigenvalue weighted by atomic mass is 10.1. The molecule has 1 fully saturated rings. The van der Waals surface area contributed by atoms with E-state index in [4.69, 9.17) is 9.47 Å². The molecule has 2 heterocycles. The van der Waals surface area contributed by atoms with Crippen LogP contribution in [0.25, 0.3) is 0 Å². The van der Waals surface area contributed by atoms with Crippen LogP contribution in [0.15, 0.2) is 24.3 Å². The molecule has 0 amide bonds. The zero-order chi connectivity index (χ0) is 12.9. The molecular formula is C12H15N5O2. The van der Waals surface area contributed by atoms with Gasteiger partial charge in [0, 0.05) is 24.8 Å². The molecule has 1 aromatic heterocycles. The number of anilines is 1. The fraction of sp³-hybridized carbons (Fsp3) is 0.417. The third kappa shape index (κ3) is 3.19. The van der Waals surface area contributed by atoms with E-state index < -0.39 is 0 Å². The Morgan fingerprint density at radius 2 is 2.26 bits per heavy atom. The van der Waals surface area contributed by atoms with Crippen molar-refractivity contribution in [1.29, 1.82) is 0 Å². The van der Waals surface area contributed by atoms with Crippen LogP contribution >= 0.6 is 0 Å². The Morgan fingerprint density at radius 1 is 1.37 bits per heavy atom. The Kier molecular flexibility index (Phi) is 3.55. The van der Waals surface area contributed by atoms with Crippen molar-refractivity contribution in [2.75, 3.05) is 25.1 Å². The molecule has 7 nitrogen and oxygen atoms in total. The van der Waals surface area contributed by atoms with Crippen molar-refractivity contribution in [3.63, 3.8) is 0 Å². The van der Waals surface area contributed by atoms with Gasteiger partial charge in [-0.2, -0.15) is 5.21 Å². The van der Waals surface area contributed by atoms with E-state index in [1.54, 1.807) is 0 Å². The lowest BCUT2D eigenvalue weighted by Gasteiger charge is -2.10. The normalized spacial score (nSPS) is 18.4. The highest BCUT2D eigenvalue weighted by atomic mass is 16.5.